The molecule has 6 heteroatoms. The Morgan fingerprint density at radius 1 is 1.00 bits per heavy atom. The summed E-state index contributed by atoms with van der Waals surface area (Å²) in [7, 11) is 1.65. The minimum absolute atomic E-state index is 0.102. The Kier molecular flexibility index (Phi) is 5.02. The predicted molar refractivity (Wildman–Crippen MR) is 128 cm³/mol. The number of anilines is 1. The van der Waals surface area contributed by atoms with Crippen molar-refractivity contribution in [2.45, 2.75) is 13.8 Å². The number of piperazine rings is 1. The van der Waals surface area contributed by atoms with Gasteiger partial charge in [0.05, 0.1) is 17.5 Å². The largest absolute Gasteiger partial charge is 0.497 e. The molecule has 5 nitrogen and oxygen atoms in total. The predicted octanol–water partition coefficient (Wildman–Crippen LogP) is 5.04. The number of pyridine rings is 1. The molecule has 0 bridgehead atoms. The van der Waals surface area contributed by atoms with E-state index in [1.807, 2.05) is 29.2 Å². The molecule has 1 fully saturated rings. The number of amides is 1. The average molecular weight is 432 g/mol. The molecule has 4 aromatic rings. The van der Waals surface area contributed by atoms with Gasteiger partial charge in [-0.05, 0) is 55.3 Å². The van der Waals surface area contributed by atoms with Crippen molar-refractivity contribution in [3.63, 3.8) is 0 Å². The Hall–Kier alpha value is -3.12. The van der Waals surface area contributed by atoms with E-state index in [-0.39, 0.29) is 5.91 Å². The molecule has 31 heavy (non-hydrogen) atoms. The number of fused-ring (bicyclic) bond motifs is 2. The maximum atomic E-state index is 13.2. The lowest BCUT2D eigenvalue weighted by Crippen LogP contribution is -2.48. The fraction of sp³-hybridized carbons (Fsp3) is 0.280. The maximum absolute atomic E-state index is 13.2. The van der Waals surface area contributed by atoms with Gasteiger partial charge in [0.2, 0.25) is 0 Å². The quantitative estimate of drug-likeness (QED) is 0.456. The topological polar surface area (TPSA) is 45.7 Å². The van der Waals surface area contributed by atoms with E-state index in [2.05, 4.69) is 43.0 Å². The summed E-state index contributed by atoms with van der Waals surface area (Å²) < 4.78 is 5.31. The Labute approximate surface area is 185 Å². The van der Waals surface area contributed by atoms with E-state index in [1.165, 1.54) is 28.2 Å². The van der Waals surface area contributed by atoms with Gasteiger partial charge in [0.15, 0.2) is 0 Å². The lowest BCUT2D eigenvalue weighted by Gasteiger charge is -2.36. The van der Waals surface area contributed by atoms with Crippen LogP contribution < -0.4 is 9.64 Å². The fourth-order valence-corrected chi connectivity index (χ4v) is 5.21. The van der Waals surface area contributed by atoms with Crippen LogP contribution in [0.2, 0.25) is 0 Å². The Morgan fingerprint density at radius 3 is 2.58 bits per heavy atom. The standard InChI is InChI=1S/C25H25N3O2S/c1-16-5-4-6-22(17(16)2)27-9-11-28(12-10-27)25(29)23-14-19-13-18-7-8-20(30-3)15-21(18)26-24(19)31-23/h4-8,13-15H,9-12H2,1-3H3. The zero-order chi connectivity index (χ0) is 21.5. The van der Waals surface area contributed by atoms with Crippen molar-refractivity contribution in [3.05, 3.63) is 64.5 Å². The van der Waals surface area contributed by atoms with Crippen LogP contribution in [0.4, 0.5) is 5.69 Å². The second-order valence-corrected chi connectivity index (χ2v) is 9.08. The number of benzene rings is 2. The van der Waals surface area contributed by atoms with Gasteiger partial charge < -0.3 is 14.5 Å². The summed E-state index contributed by atoms with van der Waals surface area (Å²) in [6.07, 6.45) is 0. The third-order valence-corrected chi connectivity index (χ3v) is 7.24. The summed E-state index contributed by atoms with van der Waals surface area (Å²) in [5.41, 5.74) is 4.79. The minimum Gasteiger partial charge on any atom is -0.497 e. The molecule has 1 amide bonds. The summed E-state index contributed by atoms with van der Waals surface area (Å²) in [5.74, 6) is 0.888. The van der Waals surface area contributed by atoms with Gasteiger partial charge in [-0.3, -0.25) is 4.79 Å². The van der Waals surface area contributed by atoms with Gasteiger partial charge in [-0.25, -0.2) is 4.98 Å². The molecule has 158 valence electrons. The zero-order valence-electron chi connectivity index (χ0n) is 18.0. The van der Waals surface area contributed by atoms with Crippen molar-refractivity contribution in [1.82, 2.24) is 9.88 Å². The molecule has 3 heterocycles. The number of nitrogens with zero attached hydrogens (tertiary/aromatic N) is 3. The molecule has 2 aromatic carbocycles. The highest BCUT2D eigenvalue weighted by Crippen LogP contribution is 2.30. The number of aromatic nitrogens is 1. The average Bonchev–Trinajstić information content (AvgIpc) is 3.21. The second kappa shape index (κ2) is 7.85. The molecule has 0 unspecified atom stereocenters. The first kappa shape index (κ1) is 19.8. The van der Waals surface area contributed by atoms with E-state index in [0.29, 0.717) is 0 Å². The van der Waals surface area contributed by atoms with Gasteiger partial charge in [-0.2, -0.15) is 0 Å². The molecule has 1 aliphatic rings. The van der Waals surface area contributed by atoms with Gasteiger partial charge in [-0.1, -0.05) is 12.1 Å². The second-order valence-electron chi connectivity index (χ2n) is 8.05. The highest BCUT2D eigenvalue weighted by Gasteiger charge is 2.24. The van der Waals surface area contributed by atoms with Gasteiger partial charge in [0, 0.05) is 48.7 Å². The Balaban J connectivity index is 1.35. The van der Waals surface area contributed by atoms with Gasteiger partial charge in [0.25, 0.3) is 5.91 Å². The van der Waals surface area contributed by atoms with Crippen molar-refractivity contribution >= 4 is 44.1 Å². The van der Waals surface area contributed by atoms with E-state index in [0.717, 1.165) is 57.9 Å². The number of thiophene rings is 1. The maximum Gasteiger partial charge on any atom is 0.264 e. The summed E-state index contributed by atoms with van der Waals surface area (Å²) in [6, 6.07) is 16.4. The first-order valence-electron chi connectivity index (χ1n) is 10.5. The summed E-state index contributed by atoms with van der Waals surface area (Å²) >= 11 is 1.47. The number of hydrogen-bond donors (Lipinski definition) is 0. The van der Waals surface area contributed by atoms with Crippen molar-refractivity contribution in [3.8, 4) is 5.75 Å². The summed E-state index contributed by atoms with van der Waals surface area (Å²) in [4.78, 5) is 24.0. The van der Waals surface area contributed by atoms with Crippen molar-refractivity contribution in [2.75, 3.05) is 38.2 Å². The lowest BCUT2D eigenvalue weighted by atomic mass is 10.1. The molecule has 1 aliphatic heterocycles. The van der Waals surface area contributed by atoms with E-state index < -0.39 is 0 Å². The highest BCUT2D eigenvalue weighted by molar-refractivity contribution is 7.20. The van der Waals surface area contributed by atoms with Crippen LogP contribution in [0.3, 0.4) is 0 Å². The molecule has 0 saturated carbocycles. The van der Waals surface area contributed by atoms with Gasteiger partial charge >= 0.3 is 0 Å². The minimum atomic E-state index is 0.102. The summed E-state index contributed by atoms with van der Waals surface area (Å²) in [6.45, 7) is 7.48. The molecule has 5 rings (SSSR count). The third kappa shape index (κ3) is 3.61. The van der Waals surface area contributed by atoms with Crippen LogP contribution in [-0.4, -0.2) is 49.1 Å². The molecular weight excluding hydrogens is 406 g/mol. The molecule has 1 saturated heterocycles. The molecule has 0 spiro atoms. The smallest absolute Gasteiger partial charge is 0.264 e. The van der Waals surface area contributed by atoms with Crippen LogP contribution in [0.25, 0.3) is 21.1 Å². The number of ether oxygens (including phenoxy) is 1. The lowest BCUT2D eigenvalue weighted by molar-refractivity contribution is 0.0751. The SMILES string of the molecule is COc1ccc2cc3cc(C(=O)N4CCN(c5cccc(C)c5C)CC4)sc3nc2c1. The number of carbonyl (C=O) groups excluding carboxylic acids is 1. The molecule has 0 N–H and O–H groups in total. The highest BCUT2D eigenvalue weighted by atomic mass is 32.1. The first-order valence-corrected chi connectivity index (χ1v) is 11.3. The van der Waals surface area contributed by atoms with E-state index in [1.54, 1.807) is 7.11 Å². The number of carbonyl (C=O) groups is 1. The van der Waals surface area contributed by atoms with Crippen LogP contribution in [0.15, 0.2) is 48.5 Å². The zero-order valence-corrected chi connectivity index (χ0v) is 18.8. The van der Waals surface area contributed by atoms with Crippen molar-refractivity contribution in [2.24, 2.45) is 0 Å². The van der Waals surface area contributed by atoms with Crippen LogP contribution in [0.5, 0.6) is 5.75 Å². The van der Waals surface area contributed by atoms with E-state index in [4.69, 9.17) is 9.72 Å². The van der Waals surface area contributed by atoms with Crippen LogP contribution >= 0.6 is 11.3 Å². The number of methoxy groups -OCH3 is 1. The Morgan fingerprint density at radius 2 is 1.81 bits per heavy atom. The Bertz CT molecular complexity index is 1290. The molecule has 0 aliphatic carbocycles. The van der Waals surface area contributed by atoms with Crippen molar-refractivity contribution < 1.29 is 9.53 Å². The third-order valence-electron chi connectivity index (χ3n) is 6.21. The summed E-state index contributed by atoms with van der Waals surface area (Å²) in [5, 5.41) is 2.06. The molecule has 2 aromatic heterocycles. The molecule has 0 atom stereocenters. The van der Waals surface area contributed by atoms with E-state index >= 15 is 0 Å². The number of rotatable bonds is 3. The normalized spacial score (nSPS) is 14.4. The number of aryl methyl sites for hydroxylation is 1. The van der Waals surface area contributed by atoms with Gasteiger partial charge in [-0.15, -0.1) is 11.3 Å². The first-order chi connectivity index (χ1) is 15.0. The van der Waals surface area contributed by atoms with Gasteiger partial charge in [0.1, 0.15) is 10.6 Å². The van der Waals surface area contributed by atoms with E-state index in [9.17, 15) is 4.79 Å². The molecule has 0 radical (unpaired) electrons. The molecular formula is C25H25N3O2S. The van der Waals surface area contributed by atoms with Crippen LogP contribution in [0.1, 0.15) is 20.8 Å². The number of hydrogen-bond acceptors (Lipinski definition) is 5. The van der Waals surface area contributed by atoms with Crippen LogP contribution in [0, 0.1) is 13.8 Å². The monoisotopic (exact) mass is 431 g/mol. The van der Waals surface area contributed by atoms with Crippen LogP contribution in [-0.2, 0) is 0 Å². The van der Waals surface area contributed by atoms with Crippen molar-refractivity contribution in [1.29, 1.82) is 0 Å². The fourth-order valence-electron chi connectivity index (χ4n) is 4.22.